The molecule has 0 aromatic heterocycles. The molecule has 0 radical (unpaired) electrons. The van der Waals surface area contributed by atoms with Crippen LogP contribution in [-0.2, 0) is 0 Å². The quantitative estimate of drug-likeness (QED) is 0.796. The number of phenols is 1. The van der Waals surface area contributed by atoms with E-state index in [0.29, 0.717) is 11.3 Å². The Bertz CT molecular complexity index is 343. The maximum Gasteiger partial charge on any atom is 0.161 e. The van der Waals surface area contributed by atoms with E-state index in [-0.39, 0.29) is 5.75 Å². The molecule has 0 saturated heterocycles. The molecule has 0 atom stereocenters. The number of aromatic hydroxyl groups is 1. The Morgan fingerprint density at radius 3 is 2.75 bits per heavy atom. The largest absolute Gasteiger partial charge is 0.504 e. The van der Waals surface area contributed by atoms with Gasteiger partial charge in [-0.05, 0) is 28.7 Å². The van der Waals surface area contributed by atoms with E-state index in [9.17, 15) is 5.11 Å². The second-order valence-corrected chi connectivity index (χ2v) is 3.28. The standard InChI is InChI=1S/C8H6INO2/c1-12-8-3-6(9)5(4-10)2-7(8)11/h2-3,11H,1H3. The normalized spacial score (nSPS) is 9.08. The number of nitrogens with zero attached hydrogens (tertiary/aromatic N) is 1. The first-order chi connectivity index (χ1) is 5.69. The zero-order valence-electron chi connectivity index (χ0n) is 6.34. The van der Waals surface area contributed by atoms with Gasteiger partial charge in [0.05, 0.1) is 12.7 Å². The van der Waals surface area contributed by atoms with Gasteiger partial charge in [-0.1, -0.05) is 0 Å². The van der Waals surface area contributed by atoms with Crippen LogP contribution in [0.2, 0.25) is 0 Å². The number of rotatable bonds is 1. The topological polar surface area (TPSA) is 53.2 Å². The second-order valence-electron chi connectivity index (χ2n) is 2.12. The minimum atomic E-state index is -0.00512. The number of phenolic OH excluding ortho intramolecular Hbond substituents is 1. The average Bonchev–Trinajstić information content (AvgIpc) is 2.08. The van der Waals surface area contributed by atoms with Crippen LogP contribution in [0.1, 0.15) is 5.56 Å². The fourth-order valence-electron chi connectivity index (χ4n) is 0.793. The van der Waals surface area contributed by atoms with Crippen LogP contribution < -0.4 is 4.74 Å². The van der Waals surface area contributed by atoms with Crippen molar-refractivity contribution >= 4 is 22.6 Å². The second kappa shape index (κ2) is 3.63. The van der Waals surface area contributed by atoms with E-state index in [1.807, 2.05) is 28.7 Å². The summed E-state index contributed by atoms with van der Waals surface area (Å²) in [7, 11) is 1.47. The summed E-state index contributed by atoms with van der Waals surface area (Å²) >= 11 is 2.01. The predicted molar refractivity (Wildman–Crippen MR) is 52.1 cm³/mol. The first-order valence-electron chi connectivity index (χ1n) is 3.15. The van der Waals surface area contributed by atoms with Crippen LogP contribution in [-0.4, -0.2) is 12.2 Å². The number of benzene rings is 1. The van der Waals surface area contributed by atoms with E-state index >= 15 is 0 Å². The van der Waals surface area contributed by atoms with Gasteiger partial charge in [-0.3, -0.25) is 0 Å². The lowest BCUT2D eigenvalue weighted by Crippen LogP contribution is -1.87. The summed E-state index contributed by atoms with van der Waals surface area (Å²) < 4.78 is 5.63. The molecule has 0 unspecified atom stereocenters. The van der Waals surface area contributed by atoms with Gasteiger partial charge in [-0.25, -0.2) is 0 Å². The first kappa shape index (κ1) is 9.13. The fourth-order valence-corrected chi connectivity index (χ4v) is 1.35. The molecule has 0 bridgehead atoms. The van der Waals surface area contributed by atoms with Gasteiger partial charge in [0.2, 0.25) is 0 Å². The van der Waals surface area contributed by atoms with Crippen LogP contribution in [0.25, 0.3) is 0 Å². The molecule has 0 amide bonds. The summed E-state index contributed by atoms with van der Waals surface area (Å²) in [6, 6.07) is 4.97. The number of nitriles is 1. The summed E-state index contributed by atoms with van der Waals surface area (Å²) in [5.41, 5.74) is 0.453. The third-order valence-electron chi connectivity index (χ3n) is 1.39. The highest BCUT2D eigenvalue weighted by atomic mass is 127. The van der Waals surface area contributed by atoms with Gasteiger partial charge in [-0.2, -0.15) is 5.26 Å². The fraction of sp³-hybridized carbons (Fsp3) is 0.125. The molecule has 4 heteroatoms. The Hall–Kier alpha value is -0.960. The molecule has 0 aliphatic carbocycles. The van der Waals surface area contributed by atoms with Crippen molar-refractivity contribution in [2.24, 2.45) is 0 Å². The highest BCUT2D eigenvalue weighted by molar-refractivity contribution is 14.1. The molecule has 1 aromatic rings. The molecule has 1 rings (SSSR count). The van der Waals surface area contributed by atoms with Crippen LogP contribution in [0.15, 0.2) is 12.1 Å². The van der Waals surface area contributed by atoms with Crippen molar-refractivity contribution in [3.63, 3.8) is 0 Å². The molecule has 3 nitrogen and oxygen atoms in total. The van der Waals surface area contributed by atoms with Crippen molar-refractivity contribution in [1.29, 1.82) is 5.26 Å². The van der Waals surface area contributed by atoms with Gasteiger partial charge in [0.25, 0.3) is 0 Å². The lowest BCUT2D eigenvalue weighted by molar-refractivity contribution is 0.373. The van der Waals surface area contributed by atoms with Crippen LogP contribution in [0.5, 0.6) is 11.5 Å². The number of halogens is 1. The maximum absolute atomic E-state index is 9.27. The van der Waals surface area contributed by atoms with Crippen LogP contribution in [0.4, 0.5) is 0 Å². The summed E-state index contributed by atoms with van der Waals surface area (Å²) in [6.07, 6.45) is 0. The van der Waals surface area contributed by atoms with E-state index in [0.717, 1.165) is 3.57 Å². The molecular formula is C8H6INO2. The Labute approximate surface area is 83.7 Å². The summed E-state index contributed by atoms with van der Waals surface area (Å²) in [4.78, 5) is 0. The van der Waals surface area contributed by atoms with Gasteiger partial charge in [0, 0.05) is 9.64 Å². The zero-order chi connectivity index (χ0) is 9.14. The third kappa shape index (κ3) is 1.61. The van der Waals surface area contributed by atoms with Crippen molar-refractivity contribution in [3.05, 3.63) is 21.3 Å². The third-order valence-corrected chi connectivity index (χ3v) is 2.28. The Balaban J connectivity index is 3.28. The maximum atomic E-state index is 9.27. The van der Waals surface area contributed by atoms with Crippen molar-refractivity contribution in [2.45, 2.75) is 0 Å². The smallest absolute Gasteiger partial charge is 0.161 e. The molecule has 62 valence electrons. The van der Waals surface area contributed by atoms with Gasteiger partial charge >= 0.3 is 0 Å². The minimum Gasteiger partial charge on any atom is -0.504 e. The molecule has 0 aliphatic heterocycles. The van der Waals surface area contributed by atoms with Crippen molar-refractivity contribution < 1.29 is 9.84 Å². The molecule has 0 fully saturated rings. The number of ether oxygens (including phenoxy) is 1. The molecule has 0 spiro atoms. The van der Waals surface area contributed by atoms with E-state index in [1.54, 1.807) is 6.07 Å². The SMILES string of the molecule is COc1cc(I)c(C#N)cc1O. The van der Waals surface area contributed by atoms with Crippen molar-refractivity contribution in [2.75, 3.05) is 7.11 Å². The lowest BCUT2D eigenvalue weighted by Gasteiger charge is -2.03. The van der Waals surface area contributed by atoms with E-state index in [1.165, 1.54) is 13.2 Å². The summed E-state index contributed by atoms with van der Waals surface area (Å²) in [6.45, 7) is 0. The molecule has 0 heterocycles. The van der Waals surface area contributed by atoms with Gasteiger partial charge in [-0.15, -0.1) is 0 Å². The zero-order valence-corrected chi connectivity index (χ0v) is 8.49. The van der Waals surface area contributed by atoms with E-state index in [2.05, 4.69) is 0 Å². The Kier molecular flexibility index (Phi) is 2.76. The number of hydrogen-bond donors (Lipinski definition) is 1. The van der Waals surface area contributed by atoms with Gasteiger partial charge in [0.1, 0.15) is 6.07 Å². The predicted octanol–water partition coefficient (Wildman–Crippen LogP) is 1.88. The highest BCUT2D eigenvalue weighted by Gasteiger charge is 2.06. The van der Waals surface area contributed by atoms with Gasteiger partial charge < -0.3 is 9.84 Å². The number of hydrogen-bond acceptors (Lipinski definition) is 3. The Morgan fingerprint density at radius 2 is 2.25 bits per heavy atom. The molecule has 1 aromatic carbocycles. The van der Waals surface area contributed by atoms with Crippen LogP contribution >= 0.6 is 22.6 Å². The van der Waals surface area contributed by atoms with Crippen LogP contribution in [0, 0.1) is 14.9 Å². The highest BCUT2D eigenvalue weighted by Crippen LogP contribution is 2.29. The molecule has 12 heavy (non-hydrogen) atoms. The number of methoxy groups -OCH3 is 1. The van der Waals surface area contributed by atoms with E-state index in [4.69, 9.17) is 10.00 Å². The molecule has 0 aliphatic rings. The molecule has 1 N–H and O–H groups in total. The Morgan fingerprint density at radius 1 is 1.58 bits per heavy atom. The molecule has 0 saturated carbocycles. The van der Waals surface area contributed by atoms with Crippen LogP contribution in [0.3, 0.4) is 0 Å². The molecular weight excluding hydrogens is 269 g/mol. The van der Waals surface area contributed by atoms with E-state index < -0.39 is 0 Å². The van der Waals surface area contributed by atoms with Crippen molar-refractivity contribution in [3.8, 4) is 17.6 Å². The lowest BCUT2D eigenvalue weighted by atomic mass is 10.2. The average molecular weight is 275 g/mol. The monoisotopic (exact) mass is 275 g/mol. The summed E-state index contributed by atoms with van der Waals surface area (Å²) in [5.74, 6) is 0.382. The van der Waals surface area contributed by atoms with Crippen molar-refractivity contribution in [1.82, 2.24) is 0 Å². The summed E-state index contributed by atoms with van der Waals surface area (Å²) in [5, 5.41) is 17.9. The van der Waals surface area contributed by atoms with Gasteiger partial charge in [0.15, 0.2) is 11.5 Å². The minimum absolute atomic E-state index is 0.00512. The first-order valence-corrected chi connectivity index (χ1v) is 4.23.